The van der Waals surface area contributed by atoms with E-state index in [1.165, 1.54) is 19.2 Å². The fourth-order valence-corrected chi connectivity index (χ4v) is 2.20. The summed E-state index contributed by atoms with van der Waals surface area (Å²) in [5, 5.41) is 6.64. The smallest absolute Gasteiger partial charge is 0.344 e. The third-order valence-electron chi connectivity index (χ3n) is 2.94. The molecule has 1 N–H and O–H groups in total. The van der Waals surface area contributed by atoms with Gasteiger partial charge < -0.3 is 14.6 Å². The molecule has 23 heavy (non-hydrogen) atoms. The zero-order valence-corrected chi connectivity index (χ0v) is 14.0. The molecular formula is C14H13Cl2N3O4. The summed E-state index contributed by atoms with van der Waals surface area (Å²) >= 11 is 11.6. The molecule has 2 heterocycles. The average Bonchev–Trinajstić information content (AvgIpc) is 2.81. The molecule has 0 saturated heterocycles. The fraction of sp³-hybridized carbons (Fsp3) is 0.286. The van der Waals surface area contributed by atoms with E-state index in [0.717, 1.165) is 0 Å². The van der Waals surface area contributed by atoms with Gasteiger partial charge in [0.2, 0.25) is 0 Å². The van der Waals surface area contributed by atoms with Crippen LogP contribution < -0.4 is 5.32 Å². The number of pyridine rings is 1. The average molecular weight is 358 g/mol. The number of carbonyl (C=O) groups is 2. The molecule has 0 fully saturated rings. The van der Waals surface area contributed by atoms with Crippen molar-refractivity contribution in [1.82, 2.24) is 10.1 Å². The molecule has 2 aromatic rings. The molecule has 7 nitrogen and oxygen atoms in total. The highest BCUT2D eigenvalue weighted by Gasteiger charge is 2.24. The first-order chi connectivity index (χ1) is 10.8. The van der Waals surface area contributed by atoms with Gasteiger partial charge in [0, 0.05) is 6.20 Å². The first-order valence-corrected chi connectivity index (χ1v) is 7.31. The second-order valence-corrected chi connectivity index (χ2v) is 5.56. The Morgan fingerprint density at radius 2 is 2.04 bits per heavy atom. The number of anilines is 1. The molecule has 2 rings (SSSR count). The van der Waals surface area contributed by atoms with E-state index in [2.05, 4.69) is 15.5 Å². The first kappa shape index (κ1) is 17.2. The van der Waals surface area contributed by atoms with Crippen LogP contribution in [0.1, 0.15) is 28.7 Å². The van der Waals surface area contributed by atoms with E-state index in [1.54, 1.807) is 13.8 Å². The monoisotopic (exact) mass is 357 g/mol. The van der Waals surface area contributed by atoms with Gasteiger partial charge in [-0.3, -0.25) is 4.79 Å². The quantitative estimate of drug-likeness (QED) is 0.844. The van der Waals surface area contributed by atoms with Gasteiger partial charge in [0.15, 0.2) is 11.9 Å². The number of rotatable bonds is 4. The van der Waals surface area contributed by atoms with Crippen molar-refractivity contribution in [2.24, 2.45) is 0 Å². The lowest BCUT2D eigenvalue weighted by Crippen LogP contribution is -2.30. The number of aromatic nitrogens is 2. The third kappa shape index (κ3) is 4.00. The lowest BCUT2D eigenvalue weighted by Gasteiger charge is -2.13. The summed E-state index contributed by atoms with van der Waals surface area (Å²) in [5.74, 6) is -0.829. The second-order valence-electron chi connectivity index (χ2n) is 4.72. The van der Waals surface area contributed by atoms with Gasteiger partial charge in [0.25, 0.3) is 5.91 Å². The van der Waals surface area contributed by atoms with E-state index in [4.69, 9.17) is 32.5 Å². The van der Waals surface area contributed by atoms with Crippen molar-refractivity contribution >= 4 is 40.9 Å². The van der Waals surface area contributed by atoms with Crippen LogP contribution in [0.3, 0.4) is 0 Å². The van der Waals surface area contributed by atoms with Gasteiger partial charge in [0.05, 0.1) is 15.7 Å². The Bertz CT molecular complexity index is 741. The molecular weight excluding hydrogens is 345 g/mol. The lowest BCUT2D eigenvalue weighted by atomic mass is 10.2. The van der Waals surface area contributed by atoms with Crippen LogP contribution in [0.4, 0.5) is 5.82 Å². The molecule has 9 heteroatoms. The number of carbonyl (C=O) groups excluding carboxylic acids is 2. The Balaban J connectivity index is 2.04. The van der Waals surface area contributed by atoms with E-state index in [0.29, 0.717) is 16.5 Å². The predicted octanol–water partition coefficient (Wildman–Crippen LogP) is 3.18. The summed E-state index contributed by atoms with van der Waals surface area (Å²) in [6.07, 6.45) is 0.272. The van der Waals surface area contributed by atoms with Crippen LogP contribution in [0.25, 0.3) is 0 Å². The number of hydrogen-bond acceptors (Lipinski definition) is 6. The molecule has 0 aromatic carbocycles. The molecule has 122 valence electrons. The molecule has 0 bridgehead atoms. The molecule has 1 unspecified atom stereocenters. The van der Waals surface area contributed by atoms with Crippen molar-refractivity contribution in [2.45, 2.75) is 26.9 Å². The summed E-state index contributed by atoms with van der Waals surface area (Å²) in [7, 11) is 0. The highest BCUT2D eigenvalue weighted by Crippen LogP contribution is 2.23. The van der Waals surface area contributed by atoms with E-state index >= 15 is 0 Å². The Hall–Kier alpha value is -2.12. The van der Waals surface area contributed by atoms with Gasteiger partial charge in [-0.2, -0.15) is 0 Å². The predicted molar refractivity (Wildman–Crippen MR) is 83.7 cm³/mol. The molecule has 1 atom stereocenters. The summed E-state index contributed by atoms with van der Waals surface area (Å²) in [4.78, 5) is 28.0. The highest BCUT2D eigenvalue weighted by atomic mass is 35.5. The van der Waals surface area contributed by atoms with E-state index in [-0.39, 0.29) is 16.4 Å². The topological polar surface area (TPSA) is 94.3 Å². The van der Waals surface area contributed by atoms with E-state index in [9.17, 15) is 9.59 Å². The van der Waals surface area contributed by atoms with Gasteiger partial charge in [-0.1, -0.05) is 28.4 Å². The zero-order valence-electron chi connectivity index (χ0n) is 12.5. The minimum absolute atomic E-state index is 0.126. The minimum atomic E-state index is -1.07. The van der Waals surface area contributed by atoms with Crippen molar-refractivity contribution in [2.75, 3.05) is 5.32 Å². The number of amides is 1. The zero-order chi connectivity index (χ0) is 17.1. The largest absolute Gasteiger partial charge is 0.449 e. The van der Waals surface area contributed by atoms with Crippen molar-refractivity contribution in [3.05, 3.63) is 39.3 Å². The van der Waals surface area contributed by atoms with Gasteiger partial charge in [-0.15, -0.1) is 0 Å². The second kappa shape index (κ2) is 6.97. The highest BCUT2D eigenvalue weighted by molar-refractivity contribution is 6.36. The molecule has 2 aromatic heterocycles. The summed E-state index contributed by atoms with van der Waals surface area (Å²) in [6, 6.07) is 1.44. The Labute approximate surface area is 141 Å². The molecule has 0 aliphatic rings. The SMILES string of the molecule is Cc1noc(C)c1C(=O)OC(C)C(=O)Nc1ncc(Cl)cc1Cl. The Morgan fingerprint density at radius 3 is 2.61 bits per heavy atom. The van der Waals surface area contributed by atoms with Gasteiger partial charge >= 0.3 is 5.97 Å². The van der Waals surface area contributed by atoms with Gasteiger partial charge in [-0.25, -0.2) is 9.78 Å². The molecule has 0 aliphatic heterocycles. The van der Waals surface area contributed by atoms with Crippen LogP contribution in [0.5, 0.6) is 0 Å². The maximum atomic E-state index is 12.1. The third-order valence-corrected chi connectivity index (χ3v) is 3.43. The van der Waals surface area contributed by atoms with E-state index < -0.39 is 18.0 Å². The standard InChI is InChI=1S/C14H13Cl2N3O4/c1-6-11(7(2)23-19-6)14(21)22-8(3)13(20)18-12-10(16)4-9(15)5-17-12/h4-5,8H,1-3H3,(H,17,18,20). The Kier molecular flexibility index (Phi) is 5.23. The normalized spacial score (nSPS) is 11.9. The molecule has 0 aliphatic carbocycles. The minimum Gasteiger partial charge on any atom is -0.449 e. The summed E-state index contributed by atoms with van der Waals surface area (Å²) in [5.41, 5.74) is 0.592. The number of esters is 1. The van der Waals surface area contributed by atoms with Crippen LogP contribution in [0.15, 0.2) is 16.8 Å². The number of aryl methyl sites for hydroxylation is 2. The maximum Gasteiger partial charge on any atom is 0.344 e. The number of nitrogens with zero attached hydrogens (tertiary/aromatic N) is 2. The van der Waals surface area contributed by atoms with Crippen LogP contribution in [0.2, 0.25) is 10.0 Å². The van der Waals surface area contributed by atoms with Gasteiger partial charge in [0.1, 0.15) is 11.3 Å². The summed E-state index contributed by atoms with van der Waals surface area (Å²) in [6.45, 7) is 4.61. The molecule has 1 amide bonds. The summed E-state index contributed by atoms with van der Waals surface area (Å²) < 4.78 is 10.00. The van der Waals surface area contributed by atoms with Crippen LogP contribution in [-0.2, 0) is 9.53 Å². The van der Waals surface area contributed by atoms with Crippen molar-refractivity contribution in [1.29, 1.82) is 0 Å². The van der Waals surface area contributed by atoms with Crippen LogP contribution in [-0.4, -0.2) is 28.1 Å². The number of nitrogens with one attached hydrogen (secondary N) is 1. The first-order valence-electron chi connectivity index (χ1n) is 6.55. The molecule has 0 spiro atoms. The lowest BCUT2D eigenvalue weighted by molar-refractivity contribution is -0.123. The molecule has 0 radical (unpaired) electrons. The number of halogens is 2. The number of ether oxygens (including phenoxy) is 1. The fourth-order valence-electron chi connectivity index (χ4n) is 1.77. The van der Waals surface area contributed by atoms with E-state index in [1.807, 2.05) is 0 Å². The van der Waals surface area contributed by atoms with Crippen molar-refractivity contribution in [3.63, 3.8) is 0 Å². The maximum absolute atomic E-state index is 12.1. The van der Waals surface area contributed by atoms with Crippen LogP contribution >= 0.6 is 23.2 Å². The van der Waals surface area contributed by atoms with Gasteiger partial charge in [-0.05, 0) is 26.8 Å². The Morgan fingerprint density at radius 1 is 1.35 bits per heavy atom. The van der Waals surface area contributed by atoms with Crippen molar-refractivity contribution in [3.8, 4) is 0 Å². The van der Waals surface area contributed by atoms with Crippen molar-refractivity contribution < 1.29 is 18.8 Å². The number of hydrogen-bond donors (Lipinski definition) is 1. The van der Waals surface area contributed by atoms with Crippen LogP contribution in [0, 0.1) is 13.8 Å². The molecule has 0 saturated carbocycles.